The summed E-state index contributed by atoms with van der Waals surface area (Å²) >= 11 is 0. The molecule has 0 aromatic carbocycles. The molecule has 1 rings (SSSR count). The van der Waals surface area contributed by atoms with Crippen molar-refractivity contribution in [1.82, 2.24) is 19.9 Å². The molecule has 0 saturated carbocycles. The minimum absolute atomic E-state index is 0.320. The Bertz CT molecular complexity index is 351. The van der Waals surface area contributed by atoms with Crippen molar-refractivity contribution in [2.24, 2.45) is 5.92 Å². The second-order valence-electron chi connectivity index (χ2n) is 5.65. The molecule has 0 fully saturated rings. The van der Waals surface area contributed by atoms with Gasteiger partial charge in [-0.05, 0) is 26.3 Å². The maximum atomic E-state index is 5.64. The van der Waals surface area contributed by atoms with Crippen LogP contribution in [0.3, 0.4) is 0 Å². The van der Waals surface area contributed by atoms with E-state index in [2.05, 4.69) is 50.0 Å². The third-order valence-corrected chi connectivity index (χ3v) is 2.99. The molecule has 1 atom stereocenters. The highest BCUT2D eigenvalue weighted by molar-refractivity contribution is 4.91. The molecular formula is C14H28N4O. The molecular weight excluding hydrogens is 240 g/mol. The Morgan fingerprint density at radius 3 is 2.74 bits per heavy atom. The number of hydrogen-bond donors (Lipinski definition) is 0. The summed E-state index contributed by atoms with van der Waals surface area (Å²) in [5.41, 5.74) is 1.02. The average Bonchev–Trinajstić information content (AvgIpc) is 2.75. The molecule has 110 valence electrons. The highest BCUT2D eigenvalue weighted by Gasteiger charge is 2.07. The first kappa shape index (κ1) is 16.1. The van der Waals surface area contributed by atoms with Crippen LogP contribution in [-0.2, 0) is 17.8 Å². The van der Waals surface area contributed by atoms with Crippen LogP contribution in [-0.4, -0.2) is 46.2 Å². The molecule has 1 unspecified atom stereocenters. The van der Waals surface area contributed by atoms with Gasteiger partial charge >= 0.3 is 0 Å². The molecule has 5 nitrogen and oxygen atoms in total. The fourth-order valence-electron chi connectivity index (χ4n) is 1.95. The zero-order chi connectivity index (χ0) is 14.3. The minimum atomic E-state index is 0.320. The monoisotopic (exact) mass is 268 g/mol. The molecule has 0 aliphatic carbocycles. The smallest absolute Gasteiger partial charge is 0.0967 e. The lowest BCUT2D eigenvalue weighted by atomic mass is 10.2. The molecule has 0 N–H and O–H groups in total. The normalized spacial score (nSPS) is 13.4. The van der Waals surface area contributed by atoms with Crippen LogP contribution in [0.25, 0.3) is 0 Å². The number of nitrogens with zero attached hydrogens (tertiary/aromatic N) is 4. The van der Waals surface area contributed by atoms with Crippen molar-refractivity contribution in [1.29, 1.82) is 0 Å². The van der Waals surface area contributed by atoms with Gasteiger partial charge in [0.2, 0.25) is 0 Å². The van der Waals surface area contributed by atoms with E-state index < -0.39 is 0 Å². The van der Waals surface area contributed by atoms with Gasteiger partial charge in [-0.2, -0.15) is 0 Å². The third kappa shape index (κ3) is 6.68. The maximum Gasteiger partial charge on any atom is 0.0967 e. The van der Waals surface area contributed by atoms with Gasteiger partial charge in [-0.25, -0.2) is 4.68 Å². The molecule has 5 heteroatoms. The van der Waals surface area contributed by atoms with Gasteiger partial charge < -0.3 is 9.64 Å². The molecule has 0 spiro atoms. The second-order valence-corrected chi connectivity index (χ2v) is 5.65. The first-order valence-electron chi connectivity index (χ1n) is 7.20. The molecule has 1 aromatic rings. The molecule has 0 amide bonds. The Morgan fingerprint density at radius 1 is 1.37 bits per heavy atom. The lowest BCUT2D eigenvalue weighted by molar-refractivity contribution is 0.0562. The van der Waals surface area contributed by atoms with Crippen molar-refractivity contribution in [3.8, 4) is 0 Å². The van der Waals surface area contributed by atoms with E-state index in [-0.39, 0.29) is 0 Å². The zero-order valence-corrected chi connectivity index (χ0v) is 13.0. The minimum Gasteiger partial charge on any atom is -0.377 e. The first-order chi connectivity index (χ1) is 9.01. The van der Waals surface area contributed by atoms with Gasteiger partial charge in [-0.15, -0.1) is 5.10 Å². The summed E-state index contributed by atoms with van der Waals surface area (Å²) in [6.45, 7) is 12.1. The fourth-order valence-corrected chi connectivity index (χ4v) is 1.95. The summed E-state index contributed by atoms with van der Waals surface area (Å²) in [4.78, 5) is 2.27. The molecule has 0 aliphatic rings. The second kappa shape index (κ2) is 8.27. The quantitative estimate of drug-likeness (QED) is 0.688. The molecule has 1 heterocycles. The molecule has 0 aliphatic heterocycles. The van der Waals surface area contributed by atoms with Crippen LogP contribution in [0.4, 0.5) is 0 Å². The predicted octanol–water partition coefficient (Wildman–Crippen LogP) is 2.18. The Kier molecular flexibility index (Phi) is 7.02. The van der Waals surface area contributed by atoms with Gasteiger partial charge in [0.05, 0.1) is 24.9 Å². The van der Waals surface area contributed by atoms with E-state index in [1.54, 1.807) is 0 Å². The Morgan fingerprint density at radius 2 is 2.11 bits per heavy atom. The average molecular weight is 268 g/mol. The Labute approximate surface area is 116 Å². The van der Waals surface area contributed by atoms with Gasteiger partial charge in [0.25, 0.3) is 0 Å². The first-order valence-corrected chi connectivity index (χ1v) is 7.20. The van der Waals surface area contributed by atoms with E-state index in [9.17, 15) is 0 Å². The zero-order valence-electron chi connectivity index (χ0n) is 13.0. The highest BCUT2D eigenvalue weighted by Crippen LogP contribution is 2.03. The number of rotatable bonds is 9. The van der Waals surface area contributed by atoms with Crippen LogP contribution in [0.2, 0.25) is 0 Å². The summed E-state index contributed by atoms with van der Waals surface area (Å²) < 4.78 is 7.50. The third-order valence-electron chi connectivity index (χ3n) is 2.99. The standard InChI is InChI=1S/C14H28N4O/c1-6-13(4)19-8-7-18-11-14(15-16-18)10-17(5)9-12(2)3/h11-13H,6-10H2,1-5H3. The van der Waals surface area contributed by atoms with E-state index in [1.807, 2.05) is 10.9 Å². The Balaban J connectivity index is 2.31. The number of hydrogen-bond acceptors (Lipinski definition) is 4. The SMILES string of the molecule is CCC(C)OCCn1cc(CN(C)CC(C)C)nn1. The Hall–Kier alpha value is -0.940. The van der Waals surface area contributed by atoms with Crippen molar-refractivity contribution in [3.63, 3.8) is 0 Å². The highest BCUT2D eigenvalue weighted by atomic mass is 16.5. The van der Waals surface area contributed by atoms with Crippen LogP contribution < -0.4 is 0 Å². The topological polar surface area (TPSA) is 43.2 Å². The predicted molar refractivity (Wildman–Crippen MR) is 76.9 cm³/mol. The van der Waals surface area contributed by atoms with E-state index in [1.165, 1.54) is 0 Å². The molecule has 1 aromatic heterocycles. The largest absolute Gasteiger partial charge is 0.377 e. The summed E-state index contributed by atoms with van der Waals surface area (Å²) in [6.07, 6.45) is 3.37. The fraction of sp³-hybridized carbons (Fsp3) is 0.857. The maximum absolute atomic E-state index is 5.64. The van der Waals surface area contributed by atoms with E-state index >= 15 is 0 Å². The summed E-state index contributed by atoms with van der Waals surface area (Å²) in [5, 5.41) is 8.33. The van der Waals surface area contributed by atoms with Crippen molar-refractivity contribution in [2.75, 3.05) is 20.2 Å². The summed E-state index contributed by atoms with van der Waals surface area (Å²) in [7, 11) is 2.12. The van der Waals surface area contributed by atoms with Crippen molar-refractivity contribution in [3.05, 3.63) is 11.9 Å². The van der Waals surface area contributed by atoms with Crippen molar-refractivity contribution >= 4 is 0 Å². The van der Waals surface area contributed by atoms with Gasteiger partial charge in [0, 0.05) is 19.3 Å². The van der Waals surface area contributed by atoms with Crippen LogP contribution >= 0.6 is 0 Å². The number of ether oxygens (including phenoxy) is 1. The lowest BCUT2D eigenvalue weighted by Gasteiger charge is -2.16. The van der Waals surface area contributed by atoms with E-state index in [0.29, 0.717) is 18.6 Å². The summed E-state index contributed by atoms with van der Waals surface area (Å²) in [5.74, 6) is 0.670. The van der Waals surface area contributed by atoms with Crippen LogP contribution in [0.1, 0.15) is 39.8 Å². The molecule has 19 heavy (non-hydrogen) atoms. The van der Waals surface area contributed by atoms with Crippen LogP contribution in [0, 0.1) is 5.92 Å². The molecule has 0 radical (unpaired) electrons. The molecule has 0 bridgehead atoms. The van der Waals surface area contributed by atoms with Crippen molar-refractivity contribution < 1.29 is 4.74 Å². The van der Waals surface area contributed by atoms with Gasteiger partial charge in [-0.3, -0.25) is 0 Å². The number of aromatic nitrogens is 3. The van der Waals surface area contributed by atoms with Crippen LogP contribution in [0.15, 0.2) is 6.20 Å². The lowest BCUT2D eigenvalue weighted by Crippen LogP contribution is -2.22. The van der Waals surface area contributed by atoms with E-state index in [4.69, 9.17) is 4.74 Å². The van der Waals surface area contributed by atoms with Gasteiger partial charge in [-0.1, -0.05) is 26.0 Å². The summed E-state index contributed by atoms with van der Waals surface area (Å²) in [6, 6.07) is 0. The van der Waals surface area contributed by atoms with Crippen LogP contribution in [0.5, 0.6) is 0 Å². The van der Waals surface area contributed by atoms with Crippen molar-refractivity contribution in [2.45, 2.75) is 53.3 Å². The van der Waals surface area contributed by atoms with Gasteiger partial charge in [0.15, 0.2) is 0 Å². The van der Waals surface area contributed by atoms with Gasteiger partial charge in [0.1, 0.15) is 0 Å². The van der Waals surface area contributed by atoms with E-state index in [0.717, 1.165) is 31.7 Å². The molecule has 0 saturated heterocycles.